The fourth-order valence-corrected chi connectivity index (χ4v) is 9.02. The first-order valence-electron chi connectivity index (χ1n) is 23.3. The third-order valence-corrected chi connectivity index (χ3v) is 12.9. The molecule has 0 aliphatic carbocycles. The quantitative estimate of drug-likeness (QED) is 0.0969. The number of fused-ring (bicyclic) bond motifs is 2. The van der Waals surface area contributed by atoms with Crippen molar-refractivity contribution in [2.24, 2.45) is 0 Å². The van der Waals surface area contributed by atoms with E-state index < -0.39 is 0 Å². The largest absolute Gasteiger partial charge is 0.384 e. The van der Waals surface area contributed by atoms with Crippen molar-refractivity contribution in [3.05, 3.63) is 72.1 Å². The van der Waals surface area contributed by atoms with Gasteiger partial charge < -0.3 is 30.7 Å². The van der Waals surface area contributed by atoms with Crippen LogP contribution >= 0.6 is 0 Å². The van der Waals surface area contributed by atoms with Gasteiger partial charge in [0.2, 0.25) is 23.7 Å². The lowest BCUT2D eigenvalue weighted by Gasteiger charge is -2.32. The second-order valence-electron chi connectivity index (χ2n) is 17.3. The molecule has 15 heteroatoms. The van der Waals surface area contributed by atoms with Crippen LogP contribution in [0.15, 0.2) is 60.9 Å². The number of anilines is 8. The number of carbonyl (C=O) groups is 2. The zero-order chi connectivity index (χ0) is 44.3. The molecule has 0 saturated carbocycles. The van der Waals surface area contributed by atoms with Gasteiger partial charge in [-0.2, -0.15) is 9.97 Å². The third kappa shape index (κ3) is 11.6. The summed E-state index contributed by atoms with van der Waals surface area (Å²) >= 11 is 0. The SMILES string of the molecule is CCC(CC)N1C(=O)Cc2cnc(Nc3cccc(N(C)CCN4CCCC4)c3)nc21.CCC(CC)N1C(=O)Cc2cnc(Nc3cccc(NCCN4CCN(C)CC4)c3)nc21. The molecule has 2 saturated heterocycles. The Morgan fingerprint density at radius 3 is 1.71 bits per heavy atom. The molecule has 8 rings (SSSR count). The van der Waals surface area contributed by atoms with E-state index in [1.54, 1.807) is 12.4 Å². The molecule has 338 valence electrons. The van der Waals surface area contributed by atoms with Crippen molar-refractivity contribution in [1.29, 1.82) is 0 Å². The van der Waals surface area contributed by atoms with Gasteiger partial charge in [0.1, 0.15) is 11.6 Å². The Bertz CT molecular complexity index is 2130. The first-order valence-corrected chi connectivity index (χ1v) is 23.3. The lowest BCUT2D eigenvalue weighted by atomic mass is 10.1. The second-order valence-corrected chi connectivity index (χ2v) is 17.3. The van der Waals surface area contributed by atoms with Crippen LogP contribution in [0, 0.1) is 0 Å². The Balaban J connectivity index is 0.000000189. The van der Waals surface area contributed by atoms with E-state index in [0.29, 0.717) is 24.7 Å². The first kappa shape index (κ1) is 45.6. The summed E-state index contributed by atoms with van der Waals surface area (Å²) in [6.45, 7) is 19.5. The van der Waals surface area contributed by atoms with E-state index in [2.05, 4.69) is 118 Å². The average Bonchev–Trinajstić information content (AvgIpc) is 4.02. The molecule has 0 unspecified atom stereocenters. The number of rotatable bonds is 18. The van der Waals surface area contributed by atoms with Crippen molar-refractivity contribution in [2.75, 3.05) is 110 Å². The van der Waals surface area contributed by atoms with Gasteiger partial charge in [-0.05, 0) is 95.1 Å². The maximum absolute atomic E-state index is 12.6. The molecule has 63 heavy (non-hydrogen) atoms. The fraction of sp³-hybridized carbons (Fsp3) is 0.542. The summed E-state index contributed by atoms with van der Waals surface area (Å²) in [4.78, 5) is 56.9. The van der Waals surface area contributed by atoms with Crippen LogP contribution in [0.2, 0.25) is 0 Å². The fourth-order valence-electron chi connectivity index (χ4n) is 9.02. The normalized spacial score (nSPS) is 16.7. The third-order valence-electron chi connectivity index (χ3n) is 12.9. The summed E-state index contributed by atoms with van der Waals surface area (Å²) in [6, 6.07) is 16.9. The van der Waals surface area contributed by atoms with Crippen LogP contribution in [-0.4, -0.2) is 138 Å². The number of amides is 2. The van der Waals surface area contributed by atoms with E-state index in [1.807, 2.05) is 28.0 Å². The topological polar surface area (TPSA) is 141 Å². The molecular weight excluding hydrogens is 791 g/mol. The zero-order valence-electron chi connectivity index (χ0n) is 38.4. The number of nitrogens with zero attached hydrogens (tertiary/aromatic N) is 10. The molecule has 4 aliphatic rings. The van der Waals surface area contributed by atoms with Gasteiger partial charge >= 0.3 is 0 Å². The maximum Gasteiger partial charge on any atom is 0.233 e. The minimum Gasteiger partial charge on any atom is -0.384 e. The van der Waals surface area contributed by atoms with E-state index in [0.717, 1.165) is 118 Å². The Morgan fingerprint density at radius 1 is 0.651 bits per heavy atom. The minimum absolute atomic E-state index is 0.117. The van der Waals surface area contributed by atoms with Gasteiger partial charge in [-0.3, -0.25) is 24.3 Å². The Kier molecular flexibility index (Phi) is 15.8. The first-order chi connectivity index (χ1) is 30.7. The van der Waals surface area contributed by atoms with Gasteiger partial charge in [0.25, 0.3) is 0 Å². The highest BCUT2D eigenvalue weighted by molar-refractivity contribution is 6.01. The molecule has 2 fully saturated rings. The Morgan fingerprint density at radius 2 is 1.16 bits per heavy atom. The van der Waals surface area contributed by atoms with Gasteiger partial charge in [0, 0.05) is 118 Å². The summed E-state index contributed by atoms with van der Waals surface area (Å²) < 4.78 is 0. The predicted molar refractivity (Wildman–Crippen MR) is 256 cm³/mol. The van der Waals surface area contributed by atoms with Gasteiger partial charge in [-0.25, -0.2) is 9.97 Å². The molecule has 2 aromatic carbocycles. The summed E-state index contributed by atoms with van der Waals surface area (Å²) in [6.07, 6.45) is 10.7. The number of nitrogens with one attached hydrogen (secondary N) is 3. The molecule has 2 aromatic heterocycles. The van der Waals surface area contributed by atoms with Crippen molar-refractivity contribution in [2.45, 2.75) is 91.1 Å². The molecular formula is C48H69N13O2. The molecule has 4 aromatic rings. The van der Waals surface area contributed by atoms with Gasteiger partial charge in [-0.15, -0.1) is 0 Å². The van der Waals surface area contributed by atoms with E-state index in [9.17, 15) is 9.59 Å². The number of piperazine rings is 1. The summed E-state index contributed by atoms with van der Waals surface area (Å²) in [5.41, 5.74) is 5.93. The summed E-state index contributed by atoms with van der Waals surface area (Å²) in [7, 11) is 4.32. The van der Waals surface area contributed by atoms with Crippen LogP contribution in [0.25, 0.3) is 0 Å². The summed E-state index contributed by atoms with van der Waals surface area (Å²) in [5.74, 6) is 2.80. The van der Waals surface area contributed by atoms with Crippen LogP contribution in [0.1, 0.15) is 77.3 Å². The Labute approximate surface area is 374 Å². The highest BCUT2D eigenvalue weighted by atomic mass is 16.2. The standard InChI is InChI=1S/C24H35N7O.C24H34N6O/c1-4-21(5-2)31-22(32)15-18-17-26-24(28-23(18)31)27-20-8-6-7-19(16-20)25-9-10-30-13-11-29(3)12-14-30;1-4-20(5-2)30-22(31)15-18-17-25-24(27-23(18)30)26-19-9-8-10-21(16-19)28(3)13-14-29-11-6-7-12-29/h6-8,16-17,21,25H,4-5,9-15H2,1-3H3,(H,26,27,28);8-10,16-17,20H,4-7,11-15H2,1-3H3,(H,25,26,27). The van der Waals surface area contributed by atoms with E-state index in [4.69, 9.17) is 9.97 Å². The van der Waals surface area contributed by atoms with Crippen LogP contribution < -0.4 is 30.7 Å². The maximum atomic E-state index is 12.6. The van der Waals surface area contributed by atoms with Crippen LogP contribution in [0.5, 0.6) is 0 Å². The molecule has 0 radical (unpaired) electrons. The lowest BCUT2D eigenvalue weighted by Crippen LogP contribution is -2.45. The Hall–Kier alpha value is -5.38. The average molecular weight is 860 g/mol. The molecule has 4 aliphatic heterocycles. The molecule has 3 N–H and O–H groups in total. The number of benzene rings is 2. The molecule has 6 heterocycles. The van der Waals surface area contributed by atoms with Gasteiger partial charge in [-0.1, -0.05) is 39.8 Å². The van der Waals surface area contributed by atoms with E-state index >= 15 is 0 Å². The smallest absolute Gasteiger partial charge is 0.233 e. The number of hydrogen-bond acceptors (Lipinski definition) is 13. The summed E-state index contributed by atoms with van der Waals surface area (Å²) in [5, 5.41) is 10.2. The second kappa shape index (κ2) is 21.8. The van der Waals surface area contributed by atoms with Crippen molar-refractivity contribution < 1.29 is 9.59 Å². The molecule has 2 amide bonds. The van der Waals surface area contributed by atoms with Crippen molar-refractivity contribution >= 4 is 58.1 Å². The van der Waals surface area contributed by atoms with Crippen molar-refractivity contribution in [1.82, 2.24) is 34.6 Å². The number of carbonyl (C=O) groups excluding carboxylic acids is 2. The van der Waals surface area contributed by atoms with Crippen molar-refractivity contribution in [3.8, 4) is 0 Å². The number of aromatic nitrogens is 4. The molecule has 0 atom stereocenters. The minimum atomic E-state index is 0.117. The van der Waals surface area contributed by atoms with E-state index in [1.165, 1.54) is 31.6 Å². The molecule has 0 bridgehead atoms. The van der Waals surface area contributed by atoms with E-state index in [-0.39, 0.29) is 23.9 Å². The lowest BCUT2D eigenvalue weighted by molar-refractivity contribution is -0.118. The van der Waals surface area contributed by atoms with Crippen LogP contribution in [0.3, 0.4) is 0 Å². The highest BCUT2D eigenvalue weighted by Crippen LogP contribution is 2.33. The van der Waals surface area contributed by atoms with Crippen molar-refractivity contribution in [3.63, 3.8) is 0 Å². The number of likely N-dealkylation sites (N-methyl/N-ethyl adjacent to an activating group) is 2. The zero-order valence-corrected chi connectivity index (χ0v) is 38.4. The van der Waals surface area contributed by atoms with Crippen LogP contribution in [-0.2, 0) is 22.4 Å². The number of likely N-dealkylation sites (tertiary alicyclic amines) is 1. The number of hydrogen-bond donors (Lipinski definition) is 3. The molecule has 0 spiro atoms. The highest BCUT2D eigenvalue weighted by Gasteiger charge is 2.35. The van der Waals surface area contributed by atoms with Crippen LogP contribution in [0.4, 0.5) is 46.3 Å². The van der Waals surface area contributed by atoms with Gasteiger partial charge in [0.05, 0.1) is 12.8 Å². The monoisotopic (exact) mass is 860 g/mol. The predicted octanol–water partition coefficient (Wildman–Crippen LogP) is 6.79. The van der Waals surface area contributed by atoms with Gasteiger partial charge in [0.15, 0.2) is 0 Å². The molecule has 15 nitrogen and oxygen atoms in total.